The maximum Gasteiger partial charge on any atom is 0.336 e. The summed E-state index contributed by atoms with van der Waals surface area (Å²) in [5.41, 5.74) is 2.45. The Kier molecular flexibility index (Phi) is 6.40. The van der Waals surface area contributed by atoms with E-state index in [1.807, 2.05) is 37.3 Å². The zero-order chi connectivity index (χ0) is 21.7. The number of hydrogen-bond donors (Lipinski definition) is 1. The third-order valence-electron chi connectivity index (χ3n) is 4.73. The molecule has 2 aromatic carbocycles. The Morgan fingerprint density at radius 2 is 1.83 bits per heavy atom. The number of benzene rings is 2. The Balaban J connectivity index is 1.90. The van der Waals surface area contributed by atoms with Gasteiger partial charge in [-0.15, -0.1) is 5.10 Å². The fraction of sp³-hybridized carbons (Fsp3) is 0.261. The van der Waals surface area contributed by atoms with Crippen LogP contribution in [0.25, 0.3) is 17.2 Å². The SMILES string of the molecule is CC/C=C/c1nc(C(F)(F)CC)nn1Cc1ccc(-c2ccccc2C(=O)O)cc1. The molecule has 30 heavy (non-hydrogen) atoms. The number of allylic oxidation sites excluding steroid dienone is 1. The summed E-state index contributed by atoms with van der Waals surface area (Å²) in [6, 6.07) is 14.1. The lowest BCUT2D eigenvalue weighted by Crippen LogP contribution is -2.14. The Labute approximate surface area is 173 Å². The third kappa shape index (κ3) is 4.62. The summed E-state index contributed by atoms with van der Waals surface area (Å²) in [5, 5.41) is 13.4. The number of hydrogen-bond acceptors (Lipinski definition) is 3. The predicted octanol–water partition coefficient (Wildman–Crippen LogP) is 5.62. The van der Waals surface area contributed by atoms with E-state index in [9.17, 15) is 18.7 Å². The van der Waals surface area contributed by atoms with E-state index in [1.54, 1.807) is 30.3 Å². The van der Waals surface area contributed by atoms with Crippen LogP contribution in [0.1, 0.15) is 54.3 Å². The largest absolute Gasteiger partial charge is 0.478 e. The number of aromatic carboxylic acids is 1. The Morgan fingerprint density at radius 1 is 1.13 bits per heavy atom. The monoisotopic (exact) mass is 411 g/mol. The van der Waals surface area contributed by atoms with Crippen molar-refractivity contribution in [3.63, 3.8) is 0 Å². The van der Waals surface area contributed by atoms with Crippen molar-refractivity contribution in [1.29, 1.82) is 0 Å². The van der Waals surface area contributed by atoms with Crippen molar-refractivity contribution in [2.75, 3.05) is 0 Å². The van der Waals surface area contributed by atoms with Crippen LogP contribution in [-0.4, -0.2) is 25.8 Å². The van der Waals surface area contributed by atoms with Crippen LogP contribution in [0.15, 0.2) is 54.6 Å². The first-order chi connectivity index (χ1) is 14.4. The summed E-state index contributed by atoms with van der Waals surface area (Å²) in [6.45, 7) is 3.62. The molecule has 0 aliphatic heterocycles. The number of alkyl halides is 2. The van der Waals surface area contributed by atoms with Crippen LogP contribution in [-0.2, 0) is 12.5 Å². The standard InChI is InChI=1S/C23H23F2N3O2/c1-3-5-10-20-26-22(23(24,25)4-2)27-28(20)15-16-11-13-17(14-12-16)18-8-6-7-9-19(18)21(29)30/h5-14H,3-4,15H2,1-2H3,(H,29,30)/b10-5+. The molecular weight excluding hydrogens is 388 g/mol. The molecule has 3 rings (SSSR count). The van der Waals surface area contributed by atoms with Crippen molar-refractivity contribution >= 4 is 12.0 Å². The highest BCUT2D eigenvalue weighted by Gasteiger charge is 2.34. The first-order valence-corrected chi connectivity index (χ1v) is 9.77. The summed E-state index contributed by atoms with van der Waals surface area (Å²) in [6.07, 6.45) is 3.93. The Bertz CT molecular complexity index is 1060. The normalized spacial score (nSPS) is 11.9. The number of carbonyl (C=O) groups is 1. The minimum absolute atomic E-state index is 0.222. The first kappa shape index (κ1) is 21.4. The Hall–Kier alpha value is -3.35. The van der Waals surface area contributed by atoms with E-state index in [0.29, 0.717) is 11.4 Å². The van der Waals surface area contributed by atoms with Crippen LogP contribution in [0.5, 0.6) is 0 Å². The zero-order valence-corrected chi connectivity index (χ0v) is 16.8. The molecule has 0 fully saturated rings. The second-order valence-corrected chi connectivity index (χ2v) is 6.87. The molecule has 0 amide bonds. The molecule has 0 atom stereocenters. The maximum atomic E-state index is 14.1. The second-order valence-electron chi connectivity index (χ2n) is 6.87. The molecule has 0 aliphatic carbocycles. The van der Waals surface area contributed by atoms with Crippen molar-refractivity contribution in [2.24, 2.45) is 0 Å². The summed E-state index contributed by atoms with van der Waals surface area (Å²) >= 11 is 0. The van der Waals surface area contributed by atoms with E-state index in [2.05, 4.69) is 10.1 Å². The molecule has 0 saturated carbocycles. The highest BCUT2D eigenvalue weighted by molar-refractivity contribution is 5.95. The number of carboxylic acid groups (broad SMARTS) is 1. The van der Waals surface area contributed by atoms with E-state index in [1.165, 1.54) is 11.6 Å². The highest BCUT2D eigenvalue weighted by Crippen LogP contribution is 2.29. The van der Waals surface area contributed by atoms with E-state index in [4.69, 9.17) is 0 Å². The molecule has 0 saturated heterocycles. The van der Waals surface area contributed by atoms with Crippen molar-refractivity contribution in [3.8, 4) is 11.1 Å². The van der Waals surface area contributed by atoms with Gasteiger partial charge in [0.25, 0.3) is 0 Å². The smallest absolute Gasteiger partial charge is 0.336 e. The molecule has 5 nitrogen and oxygen atoms in total. The molecule has 0 aliphatic rings. The average Bonchev–Trinajstić information content (AvgIpc) is 3.16. The van der Waals surface area contributed by atoms with Crippen LogP contribution in [0.4, 0.5) is 8.78 Å². The number of halogens is 2. The number of carboxylic acids is 1. The predicted molar refractivity (Wildman–Crippen MR) is 111 cm³/mol. The average molecular weight is 411 g/mol. The summed E-state index contributed by atoms with van der Waals surface area (Å²) in [7, 11) is 0. The zero-order valence-electron chi connectivity index (χ0n) is 16.8. The van der Waals surface area contributed by atoms with Gasteiger partial charge in [0.2, 0.25) is 5.82 Å². The molecular formula is C23H23F2N3O2. The van der Waals surface area contributed by atoms with Gasteiger partial charge in [0.1, 0.15) is 0 Å². The molecule has 1 N–H and O–H groups in total. The van der Waals surface area contributed by atoms with E-state index in [0.717, 1.165) is 17.5 Å². The first-order valence-electron chi connectivity index (χ1n) is 9.77. The van der Waals surface area contributed by atoms with Gasteiger partial charge < -0.3 is 5.11 Å². The number of nitrogens with zero attached hydrogens (tertiary/aromatic N) is 3. The van der Waals surface area contributed by atoms with Gasteiger partial charge in [-0.25, -0.2) is 14.5 Å². The molecule has 3 aromatic rings. The van der Waals surface area contributed by atoms with Gasteiger partial charge in [-0.3, -0.25) is 0 Å². The maximum absolute atomic E-state index is 14.1. The van der Waals surface area contributed by atoms with Gasteiger partial charge in [0, 0.05) is 6.42 Å². The van der Waals surface area contributed by atoms with Gasteiger partial charge >= 0.3 is 11.9 Å². The lowest BCUT2D eigenvalue weighted by molar-refractivity contribution is -0.0176. The highest BCUT2D eigenvalue weighted by atomic mass is 19.3. The fourth-order valence-electron chi connectivity index (χ4n) is 3.01. The Morgan fingerprint density at radius 3 is 2.47 bits per heavy atom. The number of rotatable bonds is 8. The lowest BCUT2D eigenvalue weighted by atomic mass is 9.99. The van der Waals surface area contributed by atoms with Crippen LogP contribution in [0, 0.1) is 0 Å². The van der Waals surface area contributed by atoms with Gasteiger partial charge in [-0.2, -0.15) is 8.78 Å². The van der Waals surface area contributed by atoms with Gasteiger partial charge in [-0.1, -0.05) is 62.4 Å². The van der Waals surface area contributed by atoms with E-state index >= 15 is 0 Å². The van der Waals surface area contributed by atoms with Crippen LogP contribution < -0.4 is 0 Å². The minimum atomic E-state index is -3.08. The molecule has 0 spiro atoms. The van der Waals surface area contributed by atoms with Crippen molar-refractivity contribution in [3.05, 3.63) is 77.4 Å². The molecule has 7 heteroatoms. The van der Waals surface area contributed by atoms with Gasteiger partial charge in [0.15, 0.2) is 5.82 Å². The minimum Gasteiger partial charge on any atom is -0.478 e. The lowest BCUT2D eigenvalue weighted by Gasteiger charge is -2.09. The van der Waals surface area contributed by atoms with Crippen LogP contribution in [0.3, 0.4) is 0 Å². The van der Waals surface area contributed by atoms with Gasteiger partial charge in [0.05, 0.1) is 12.1 Å². The number of aromatic nitrogens is 3. The summed E-state index contributed by atoms with van der Waals surface area (Å²) in [5.74, 6) is -4.17. The molecule has 0 unspecified atom stereocenters. The van der Waals surface area contributed by atoms with Crippen molar-refractivity contribution < 1.29 is 18.7 Å². The summed E-state index contributed by atoms with van der Waals surface area (Å²) in [4.78, 5) is 15.5. The molecule has 0 radical (unpaired) electrons. The second kappa shape index (κ2) is 8.98. The molecule has 1 heterocycles. The van der Waals surface area contributed by atoms with Crippen LogP contribution >= 0.6 is 0 Å². The van der Waals surface area contributed by atoms with E-state index in [-0.39, 0.29) is 18.5 Å². The van der Waals surface area contributed by atoms with Crippen molar-refractivity contribution in [2.45, 2.75) is 39.2 Å². The third-order valence-corrected chi connectivity index (χ3v) is 4.73. The molecule has 0 bridgehead atoms. The van der Waals surface area contributed by atoms with Crippen molar-refractivity contribution in [1.82, 2.24) is 14.8 Å². The summed E-state index contributed by atoms with van der Waals surface area (Å²) < 4.78 is 29.6. The topological polar surface area (TPSA) is 68.0 Å². The molecule has 1 aromatic heterocycles. The quantitative estimate of drug-likeness (QED) is 0.523. The van der Waals surface area contributed by atoms with Gasteiger partial charge in [-0.05, 0) is 35.3 Å². The fourth-order valence-corrected chi connectivity index (χ4v) is 3.01. The van der Waals surface area contributed by atoms with Crippen LogP contribution in [0.2, 0.25) is 0 Å². The molecule has 156 valence electrons. The van der Waals surface area contributed by atoms with E-state index < -0.39 is 17.7 Å².